The standard InChI is InChI=1S/C33H56O13S6/c1-47-13-7-26(34)41-20-32(21-42-27(35)8-14-48-2,22-43-28(36)9-15-49-3)19-40-23-33(46-31(39)12-18-52-6,24-44-29(37)10-16-50-4)25-45-30(38)11-17-51-5/h7-25H2,1-6H3. The highest BCUT2D eigenvalue weighted by molar-refractivity contribution is 7.99. The second-order valence-electron chi connectivity index (χ2n) is 11.4. The third kappa shape index (κ3) is 25.8. The summed E-state index contributed by atoms with van der Waals surface area (Å²) in [5, 5.41) is 0. The second kappa shape index (κ2) is 32.2. The molecule has 19 heteroatoms. The molecule has 0 aliphatic rings. The van der Waals surface area contributed by atoms with Gasteiger partial charge in [-0.25, -0.2) is 0 Å². The number of thioether (sulfide) groups is 6. The Morgan fingerprint density at radius 2 is 0.635 bits per heavy atom. The van der Waals surface area contributed by atoms with Crippen LogP contribution in [0.25, 0.3) is 0 Å². The third-order valence-corrected chi connectivity index (χ3v) is 10.5. The Labute approximate surface area is 334 Å². The number of ether oxygens (including phenoxy) is 7. The van der Waals surface area contributed by atoms with Gasteiger partial charge in [0.15, 0.2) is 0 Å². The Morgan fingerprint density at radius 3 is 0.923 bits per heavy atom. The van der Waals surface area contributed by atoms with Crippen LogP contribution in [0.1, 0.15) is 38.5 Å². The van der Waals surface area contributed by atoms with E-state index >= 15 is 0 Å². The Kier molecular flexibility index (Phi) is 31.5. The molecule has 0 bridgehead atoms. The van der Waals surface area contributed by atoms with Crippen LogP contribution >= 0.6 is 70.6 Å². The first-order chi connectivity index (χ1) is 24.9. The molecule has 52 heavy (non-hydrogen) atoms. The number of hydrogen-bond donors (Lipinski definition) is 0. The van der Waals surface area contributed by atoms with Crippen LogP contribution in [0.2, 0.25) is 0 Å². The molecule has 0 saturated heterocycles. The largest absolute Gasteiger partial charge is 0.465 e. The quantitative estimate of drug-likeness (QED) is 0.0668. The van der Waals surface area contributed by atoms with Gasteiger partial charge >= 0.3 is 35.8 Å². The van der Waals surface area contributed by atoms with E-state index in [0.29, 0.717) is 34.5 Å². The lowest BCUT2D eigenvalue weighted by Crippen LogP contribution is -2.51. The SMILES string of the molecule is CSCCC(=O)OCC(COCC(COC(=O)CCSC)(COC(=O)CCSC)OC(=O)CCSC)(COC(=O)CCSC)COC(=O)CCSC. The molecule has 0 aliphatic carbocycles. The summed E-state index contributed by atoms with van der Waals surface area (Å²) in [5.74, 6) is -0.230. The van der Waals surface area contributed by atoms with E-state index in [1.54, 1.807) is 0 Å². The molecule has 0 rings (SSSR count). The summed E-state index contributed by atoms with van der Waals surface area (Å²) in [6, 6.07) is 0. The van der Waals surface area contributed by atoms with Crippen LogP contribution in [0, 0.1) is 5.41 Å². The van der Waals surface area contributed by atoms with E-state index in [0.717, 1.165) is 0 Å². The average molecular weight is 853 g/mol. The lowest BCUT2D eigenvalue weighted by Gasteiger charge is -2.35. The van der Waals surface area contributed by atoms with Crippen LogP contribution in [-0.2, 0) is 61.9 Å². The summed E-state index contributed by atoms with van der Waals surface area (Å²) in [4.78, 5) is 76.2. The van der Waals surface area contributed by atoms with Crippen molar-refractivity contribution in [3.05, 3.63) is 0 Å². The fourth-order valence-corrected chi connectivity index (χ4v) is 6.03. The minimum absolute atomic E-state index is 0.0255. The molecule has 0 saturated carbocycles. The highest BCUT2D eigenvalue weighted by Gasteiger charge is 2.42. The van der Waals surface area contributed by atoms with E-state index in [1.165, 1.54) is 70.6 Å². The zero-order valence-corrected chi connectivity index (χ0v) is 36.1. The first-order valence-corrected chi connectivity index (χ1v) is 24.8. The van der Waals surface area contributed by atoms with Crippen molar-refractivity contribution in [1.82, 2.24) is 0 Å². The summed E-state index contributed by atoms with van der Waals surface area (Å²) in [6.07, 6.45) is 11.7. The maximum atomic E-state index is 13.0. The molecule has 0 spiro atoms. The van der Waals surface area contributed by atoms with Crippen molar-refractivity contribution >= 4 is 106 Å². The fourth-order valence-electron chi connectivity index (χ4n) is 3.81. The molecule has 302 valence electrons. The van der Waals surface area contributed by atoms with Crippen LogP contribution in [0.4, 0.5) is 0 Å². The van der Waals surface area contributed by atoms with E-state index in [9.17, 15) is 28.8 Å². The van der Waals surface area contributed by atoms with Gasteiger partial charge in [-0.05, 0) is 37.5 Å². The first kappa shape index (κ1) is 50.9. The summed E-state index contributed by atoms with van der Waals surface area (Å²) in [6.45, 7) is -2.72. The predicted molar refractivity (Wildman–Crippen MR) is 215 cm³/mol. The minimum Gasteiger partial charge on any atom is -0.465 e. The van der Waals surface area contributed by atoms with Crippen molar-refractivity contribution < 1.29 is 61.9 Å². The van der Waals surface area contributed by atoms with Crippen LogP contribution in [0.5, 0.6) is 0 Å². The fraction of sp³-hybridized carbons (Fsp3) is 0.818. The molecular weight excluding hydrogens is 797 g/mol. The molecule has 0 heterocycles. The predicted octanol–water partition coefficient (Wildman–Crippen LogP) is 4.51. The average Bonchev–Trinajstić information content (AvgIpc) is 3.14. The molecule has 0 aliphatic heterocycles. The maximum Gasteiger partial charge on any atom is 0.307 e. The van der Waals surface area contributed by atoms with Gasteiger partial charge in [0.2, 0.25) is 5.60 Å². The zero-order chi connectivity index (χ0) is 39.1. The van der Waals surface area contributed by atoms with Crippen molar-refractivity contribution in [2.75, 3.05) is 118 Å². The van der Waals surface area contributed by atoms with Crippen molar-refractivity contribution in [1.29, 1.82) is 0 Å². The number of hydrogen-bond acceptors (Lipinski definition) is 19. The Balaban J connectivity index is 6.63. The first-order valence-electron chi connectivity index (χ1n) is 16.5. The van der Waals surface area contributed by atoms with Gasteiger partial charge in [0.05, 0.1) is 57.2 Å². The number of carbonyl (C=O) groups excluding carboxylic acids is 6. The smallest absolute Gasteiger partial charge is 0.307 e. The summed E-state index contributed by atoms with van der Waals surface area (Å²) >= 11 is 8.76. The van der Waals surface area contributed by atoms with Gasteiger partial charge in [0, 0.05) is 34.5 Å². The summed E-state index contributed by atoms with van der Waals surface area (Å²) in [7, 11) is 0. The summed E-state index contributed by atoms with van der Waals surface area (Å²) < 4.78 is 40.0. The molecule has 0 fully saturated rings. The van der Waals surface area contributed by atoms with Gasteiger partial charge in [-0.3, -0.25) is 28.8 Å². The molecule has 0 radical (unpaired) electrons. The molecule has 13 nitrogen and oxygen atoms in total. The van der Waals surface area contributed by atoms with Gasteiger partial charge in [-0.1, -0.05) is 0 Å². The Morgan fingerprint density at radius 1 is 0.365 bits per heavy atom. The Bertz CT molecular complexity index is 966. The summed E-state index contributed by atoms with van der Waals surface area (Å²) in [5.41, 5.74) is -3.14. The van der Waals surface area contributed by atoms with E-state index in [1.807, 2.05) is 37.5 Å². The van der Waals surface area contributed by atoms with Gasteiger partial charge < -0.3 is 33.2 Å². The van der Waals surface area contributed by atoms with E-state index in [-0.39, 0.29) is 65.0 Å². The van der Waals surface area contributed by atoms with Gasteiger partial charge in [0.25, 0.3) is 0 Å². The topological polar surface area (TPSA) is 167 Å². The van der Waals surface area contributed by atoms with E-state index < -0.39 is 66.7 Å². The van der Waals surface area contributed by atoms with Gasteiger partial charge in [-0.15, -0.1) is 0 Å². The van der Waals surface area contributed by atoms with E-state index in [2.05, 4.69) is 0 Å². The molecule has 0 unspecified atom stereocenters. The number of carbonyl (C=O) groups is 6. The van der Waals surface area contributed by atoms with Crippen molar-refractivity contribution in [3.8, 4) is 0 Å². The van der Waals surface area contributed by atoms with Gasteiger partial charge in [0.1, 0.15) is 33.0 Å². The molecular formula is C33H56O13S6. The molecule has 0 amide bonds. The lowest BCUT2D eigenvalue weighted by atomic mass is 9.92. The molecule has 0 N–H and O–H groups in total. The van der Waals surface area contributed by atoms with Crippen molar-refractivity contribution in [2.45, 2.75) is 44.1 Å². The number of rotatable bonds is 33. The van der Waals surface area contributed by atoms with E-state index in [4.69, 9.17) is 33.2 Å². The molecule has 0 aromatic heterocycles. The van der Waals surface area contributed by atoms with Crippen LogP contribution in [0.3, 0.4) is 0 Å². The zero-order valence-electron chi connectivity index (χ0n) is 31.2. The molecule has 0 aromatic rings. The van der Waals surface area contributed by atoms with Crippen molar-refractivity contribution in [2.24, 2.45) is 5.41 Å². The van der Waals surface area contributed by atoms with Crippen LogP contribution in [0.15, 0.2) is 0 Å². The normalized spacial score (nSPS) is 11.4. The lowest BCUT2D eigenvalue weighted by molar-refractivity contribution is -0.199. The van der Waals surface area contributed by atoms with Crippen LogP contribution in [-0.4, -0.2) is 160 Å². The second-order valence-corrected chi connectivity index (χ2v) is 17.3. The third-order valence-electron chi connectivity index (χ3n) is 6.78. The maximum absolute atomic E-state index is 13.0. The monoisotopic (exact) mass is 852 g/mol. The molecule has 0 atom stereocenters. The van der Waals surface area contributed by atoms with Crippen LogP contribution < -0.4 is 0 Å². The highest BCUT2D eigenvalue weighted by Crippen LogP contribution is 2.25. The highest BCUT2D eigenvalue weighted by atomic mass is 32.2. The van der Waals surface area contributed by atoms with Crippen molar-refractivity contribution in [3.63, 3.8) is 0 Å². The number of esters is 6. The molecule has 0 aromatic carbocycles. The van der Waals surface area contributed by atoms with Gasteiger partial charge in [-0.2, -0.15) is 70.6 Å². The Hall–Kier alpha value is -1.12. The minimum atomic E-state index is -1.76.